The molecule has 0 spiro atoms. The van der Waals surface area contributed by atoms with Gasteiger partial charge in [0.1, 0.15) is 17.9 Å². The van der Waals surface area contributed by atoms with Crippen LogP contribution in [0.5, 0.6) is 5.75 Å². The van der Waals surface area contributed by atoms with E-state index in [1.165, 1.54) is 5.70 Å². The number of carbonyl (C=O) groups is 2. The Bertz CT molecular complexity index is 1670. The monoisotopic (exact) mass is 745 g/mol. The van der Waals surface area contributed by atoms with E-state index in [0.717, 1.165) is 48.1 Å². The zero-order valence-corrected chi connectivity index (χ0v) is 33.5. The minimum atomic E-state index is -0.740. The van der Waals surface area contributed by atoms with E-state index in [-0.39, 0.29) is 42.3 Å². The van der Waals surface area contributed by atoms with Gasteiger partial charge in [-0.25, -0.2) is 0 Å². The Morgan fingerprint density at radius 1 is 1.15 bits per heavy atom. The molecule has 2 aromatic carbocycles. The van der Waals surface area contributed by atoms with Crippen molar-refractivity contribution in [1.82, 2.24) is 21.0 Å². The summed E-state index contributed by atoms with van der Waals surface area (Å²) in [6, 6.07) is 10.9. The smallest absolute Gasteiger partial charge is 0.251 e. The summed E-state index contributed by atoms with van der Waals surface area (Å²) < 4.78 is 6.08. The molecule has 0 aromatic heterocycles. The summed E-state index contributed by atoms with van der Waals surface area (Å²) in [6.07, 6.45) is 9.11. The second-order valence-corrected chi connectivity index (χ2v) is 16.4. The Kier molecular flexibility index (Phi) is 13.9. The summed E-state index contributed by atoms with van der Waals surface area (Å²) in [5.41, 5.74) is 5.14. The van der Waals surface area contributed by atoms with Crippen LogP contribution < -0.4 is 25.6 Å². The van der Waals surface area contributed by atoms with Crippen LogP contribution in [0, 0.1) is 23.2 Å². The van der Waals surface area contributed by atoms with Crippen LogP contribution in [0.4, 0.5) is 5.69 Å². The van der Waals surface area contributed by atoms with E-state index in [4.69, 9.17) is 9.57 Å². The minimum Gasteiger partial charge on any atom is -0.496 e. The molecular formula is C43H63N5O6. The van der Waals surface area contributed by atoms with Crippen molar-refractivity contribution in [3.05, 3.63) is 71.5 Å². The first-order valence-electron chi connectivity index (χ1n) is 19.6. The van der Waals surface area contributed by atoms with E-state index in [9.17, 15) is 19.8 Å². The van der Waals surface area contributed by atoms with Gasteiger partial charge in [-0.3, -0.25) is 14.4 Å². The topological polar surface area (TPSA) is 136 Å². The molecule has 11 nitrogen and oxygen atoms in total. The van der Waals surface area contributed by atoms with Crippen LogP contribution in [0.1, 0.15) is 82.6 Å². The lowest BCUT2D eigenvalue weighted by Crippen LogP contribution is -2.54. The Morgan fingerprint density at radius 3 is 2.59 bits per heavy atom. The van der Waals surface area contributed by atoms with Gasteiger partial charge in [0, 0.05) is 67.2 Å². The maximum absolute atomic E-state index is 14.3. The van der Waals surface area contributed by atoms with Crippen LogP contribution in [0.2, 0.25) is 0 Å². The predicted molar refractivity (Wildman–Crippen MR) is 214 cm³/mol. The lowest BCUT2D eigenvalue weighted by molar-refractivity contribution is -0.182. The molecule has 2 unspecified atom stereocenters. The van der Waals surface area contributed by atoms with Crippen LogP contribution in [-0.4, -0.2) is 92.3 Å². The fourth-order valence-electron chi connectivity index (χ4n) is 8.34. The third-order valence-electron chi connectivity index (χ3n) is 12.0. The predicted octanol–water partition coefficient (Wildman–Crippen LogP) is 5.42. The van der Waals surface area contributed by atoms with Gasteiger partial charge in [-0.1, -0.05) is 58.0 Å². The molecule has 5 N–H and O–H groups in total. The number of aliphatic hydroxyl groups excluding tert-OH is 2. The minimum absolute atomic E-state index is 0.0129. The molecule has 2 aromatic rings. The summed E-state index contributed by atoms with van der Waals surface area (Å²) in [4.78, 5) is 36.1. The van der Waals surface area contributed by atoms with Gasteiger partial charge in [0.15, 0.2) is 0 Å². The fraction of sp³-hybridized carbons (Fsp3) is 0.581. The first-order chi connectivity index (χ1) is 25.7. The number of benzene rings is 2. The third kappa shape index (κ3) is 9.66. The number of amides is 2. The van der Waals surface area contributed by atoms with Crippen molar-refractivity contribution in [3.63, 3.8) is 0 Å². The van der Waals surface area contributed by atoms with Gasteiger partial charge in [-0.2, -0.15) is 5.06 Å². The lowest BCUT2D eigenvalue weighted by atomic mass is 9.63. The average molecular weight is 746 g/mol. The molecule has 1 heterocycles. The molecule has 2 aliphatic carbocycles. The number of anilines is 1. The number of ether oxygens (including phenoxy) is 1. The van der Waals surface area contributed by atoms with Crippen LogP contribution in [0.3, 0.4) is 0 Å². The highest BCUT2D eigenvalue weighted by molar-refractivity contribution is 5.97. The third-order valence-corrected chi connectivity index (χ3v) is 12.0. The Balaban J connectivity index is 1.40. The molecular weight excluding hydrogens is 683 g/mol. The van der Waals surface area contributed by atoms with Gasteiger partial charge in [0.25, 0.3) is 5.91 Å². The normalized spacial score (nSPS) is 25.8. The molecule has 5 rings (SSSR count). The molecule has 2 amide bonds. The molecule has 1 saturated carbocycles. The Labute approximate surface area is 322 Å². The SMILES string of the molecule is COc1c(CN2O[C@@H](CO)C(CC(C)O)[C@H]2C(=O)N[C@H]2CCC(C)(C)[C@@H](C)[C@@H]2C)cccc1-c1cc(C(=O)NCCNC2=CC=CCC2)cc(N(C)C)c1. The van der Waals surface area contributed by atoms with Crippen molar-refractivity contribution < 1.29 is 29.4 Å². The molecule has 11 heteroatoms. The number of para-hydroxylation sites is 1. The molecule has 2 fully saturated rings. The number of nitrogens with one attached hydrogen (secondary N) is 3. The Morgan fingerprint density at radius 2 is 1.93 bits per heavy atom. The van der Waals surface area contributed by atoms with E-state index >= 15 is 0 Å². The summed E-state index contributed by atoms with van der Waals surface area (Å²) in [5.74, 6) is 0.548. The number of hydroxylamine groups is 2. The maximum atomic E-state index is 14.3. The number of methoxy groups -OCH3 is 1. The summed E-state index contributed by atoms with van der Waals surface area (Å²) in [6.45, 7) is 11.8. The van der Waals surface area contributed by atoms with Crippen molar-refractivity contribution in [3.8, 4) is 16.9 Å². The van der Waals surface area contributed by atoms with Crippen LogP contribution in [0.25, 0.3) is 11.1 Å². The van der Waals surface area contributed by atoms with Crippen molar-refractivity contribution >= 4 is 17.5 Å². The molecule has 54 heavy (non-hydrogen) atoms. The molecule has 3 aliphatic rings. The average Bonchev–Trinajstić information content (AvgIpc) is 3.49. The number of rotatable bonds is 15. The van der Waals surface area contributed by atoms with Gasteiger partial charge in [0.2, 0.25) is 5.91 Å². The van der Waals surface area contributed by atoms with E-state index < -0.39 is 24.2 Å². The second-order valence-electron chi connectivity index (χ2n) is 16.4. The van der Waals surface area contributed by atoms with Crippen molar-refractivity contribution in [2.75, 3.05) is 45.8 Å². The largest absolute Gasteiger partial charge is 0.496 e. The number of allylic oxidation sites excluding steroid dienone is 4. The number of hydrogen-bond donors (Lipinski definition) is 5. The van der Waals surface area contributed by atoms with Crippen molar-refractivity contribution in [2.45, 2.75) is 97.6 Å². The molecule has 7 atom stereocenters. The van der Waals surface area contributed by atoms with Crippen LogP contribution in [-0.2, 0) is 16.2 Å². The highest BCUT2D eigenvalue weighted by Crippen LogP contribution is 2.44. The first kappa shape index (κ1) is 41.3. The van der Waals surface area contributed by atoms with Crippen molar-refractivity contribution in [2.24, 2.45) is 23.2 Å². The molecule has 0 bridgehead atoms. The second kappa shape index (κ2) is 18.2. The fourth-order valence-corrected chi connectivity index (χ4v) is 8.34. The molecule has 0 radical (unpaired) electrons. The van der Waals surface area contributed by atoms with E-state index in [0.29, 0.717) is 36.7 Å². The number of carbonyl (C=O) groups excluding carboxylic acids is 2. The zero-order chi connectivity index (χ0) is 39.2. The maximum Gasteiger partial charge on any atom is 0.251 e. The lowest BCUT2D eigenvalue weighted by Gasteiger charge is -2.46. The zero-order valence-electron chi connectivity index (χ0n) is 33.5. The first-order valence-corrected chi connectivity index (χ1v) is 19.6. The Hall–Kier alpha value is -3.90. The van der Waals surface area contributed by atoms with Crippen LogP contribution >= 0.6 is 0 Å². The summed E-state index contributed by atoms with van der Waals surface area (Å²) >= 11 is 0. The molecule has 1 aliphatic heterocycles. The number of hydrogen-bond acceptors (Lipinski definition) is 9. The highest BCUT2D eigenvalue weighted by Gasteiger charge is 2.49. The van der Waals surface area contributed by atoms with Gasteiger partial charge >= 0.3 is 0 Å². The van der Waals surface area contributed by atoms with Gasteiger partial charge in [-0.05, 0) is 86.1 Å². The van der Waals surface area contributed by atoms with Crippen molar-refractivity contribution in [1.29, 1.82) is 0 Å². The van der Waals surface area contributed by atoms with Crippen LogP contribution in [0.15, 0.2) is 60.3 Å². The molecule has 1 saturated heterocycles. The standard InChI is InChI=1S/C43H63N5O6/c1-27(50)21-36-38(26-49)54-48(39(36)42(52)46-37-17-18-43(4,5)29(3)28(37)2)25-30-13-12-16-35(40(30)53-8)31-22-32(24-34(23-31)47(6)7)41(51)45-20-19-44-33-14-10-9-11-15-33/h9-10,12-14,16,22-24,27-29,36-39,44,49-50H,11,15,17-21,25-26H2,1-8H3,(H,45,51)(H,46,52)/t27?,28-,29-,36?,37-,38-,39-/m0/s1. The van der Waals surface area contributed by atoms with Gasteiger partial charge in [-0.15, -0.1) is 0 Å². The van der Waals surface area contributed by atoms with Gasteiger partial charge < -0.3 is 35.8 Å². The van der Waals surface area contributed by atoms with E-state index in [1.807, 2.05) is 55.4 Å². The summed E-state index contributed by atoms with van der Waals surface area (Å²) in [7, 11) is 5.50. The highest BCUT2D eigenvalue weighted by atomic mass is 16.7. The summed E-state index contributed by atoms with van der Waals surface area (Å²) in [5, 5.41) is 32.4. The van der Waals surface area contributed by atoms with E-state index in [2.05, 4.69) is 61.9 Å². The van der Waals surface area contributed by atoms with E-state index in [1.54, 1.807) is 19.1 Å². The number of aliphatic hydroxyl groups is 2. The number of nitrogens with zero attached hydrogens (tertiary/aromatic N) is 2. The van der Waals surface area contributed by atoms with Gasteiger partial charge in [0.05, 0.1) is 26.4 Å². The quantitative estimate of drug-likeness (QED) is 0.152. The molecule has 296 valence electrons.